The number of Topliss-reactive ketones (excluding diaryl/α,β-unsaturated/α-hetero) is 2. The molecule has 0 aromatic carbocycles. The maximum atomic E-state index is 11.8. The van der Waals surface area contributed by atoms with Crippen molar-refractivity contribution in [2.24, 2.45) is 0 Å². The lowest BCUT2D eigenvalue weighted by Gasteiger charge is -2.33. The highest BCUT2D eigenvalue weighted by Gasteiger charge is 2.31. The molecule has 23 heavy (non-hydrogen) atoms. The SMILES string of the molecule is COC(=O)CC(=O)C[C@@H]1C[C@@H](CC(=O)CC(=O)OC)OC(C)O1. The van der Waals surface area contributed by atoms with E-state index in [0.717, 1.165) is 0 Å². The minimum absolute atomic E-state index is 0.0461. The van der Waals surface area contributed by atoms with Crippen molar-refractivity contribution in [2.75, 3.05) is 14.2 Å². The topological polar surface area (TPSA) is 105 Å². The zero-order chi connectivity index (χ0) is 17.4. The second-order valence-corrected chi connectivity index (χ2v) is 5.31. The zero-order valence-electron chi connectivity index (χ0n) is 13.5. The molecule has 1 saturated heterocycles. The Labute approximate surface area is 134 Å². The molecule has 0 aromatic rings. The largest absolute Gasteiger partial charge is 0.469 e. The summed E-state index contributed by atoms with van der Waals surface area (Å²) in [5.74, 6) is -1.79. The van der Waals surface area contributed by atoms with Crippen LogP contribution in [0.25, 0.3) is 0 Å². The third-order valence-corrected chi connectivity index (χ3v) is 3.34. The molecule has 1 aliphatic rings. The van der Waals surface area contributed by atoms with E-state index in [1.54, 1.807) is 6.92 Å². The van der Waals surface area contributed by atoms with E-state index in [-0.39, 0.29) is 37.2 Å². The summed E-state index contributed by atoms with van der Waals surface area (Å²) in [6, 6.07) is 0. The van der Waals surface area contributed by atoms with Gasteiger partial charge in [-0.15, -0.1) is 0 Å². The van der Waals surface area contributed by atoms with Gasteiger partial charge in [-0.3, -0.25) is 19.2 Å². The number of ketones is 2. The van der Waals surface area contributed by atoms with Crippen molar-refractivity contribution in [2.45, 2.75) is 57.5 Å². The van der Waals surface area contributed by atoms with Gasteiger partial charge in [0, 0.05) is 19.3 Å². The molecule has 0 amide bonds. The van der Waals surface area contributed by atoms with Crippen LogP contribution >= 0.6 is 0 Å². The Kier molecular flexibility index (Phi) is 7.84. The molecule has 0 saturated carbocycles. The van der Waals surface area contributed by atoms with Crippen LogP contribution in [-0.2, 0) is 38.1 Å². The smallest absolute Gasteiger partial charge is 0.313 e. The number of carbonyl (C=O) groups is 4. The summed E-state index contributed by atoms with van der Waals surface area (Å²) in [4.78, 5) is 45.6. The molecule has 0 spiro atoms. The predicted molar refractivity (Wildman–Crippen MR) is 76.3 cm³/mol. The van der Waals surface area contributed by atoms with Gasteiger partial charge in [-0.05, 0) is 6.92 Å². The van der Waals surface area contributed by atoms with Crippen LogP contribution in [0.4, 0.5) is 0 Å². The molecular formula is C15H22O8. The van der Waals surface area contributed by atoms with Gasteiger partial charge in [0.15, 0.2) is 6.29 Å². The van der Waals surface area contributed by atoms with E-state index in [1.165, 1.54) is 14.2 Å². The Morgan fingerprint density at radius 2 is 1.26 bits per heavy atom. The zero-order valence-corrected chi connectivity index (χ0v) is 13.5. The predicted octanol–water partition coefficient (Wildman–Crippen LogP) is 0.551. The summed E-state index contributed by atoms with van der Waals surface area (Å²) in [6.45, 7) is 1.66. The van der Waals surface area contributed by atoms with Crippen LogP contribution in [0.1, 0.15) is 39.0 Å². The number of hydrogen-bond donors (Lipinski definition) is 0. The molecule has 1 heterocycles. The first-order valence-corrected chi connectivity index (χ1v) is 7.32. The van der Waals surface area contributed by atoms with Gasteiger partial charge in [0.1, 0.15) is 24.4 Å². The minimum atomic E-state index is -0.597. The Morgan fingerprint density at radius 1 is 0.870 bits per heavy atom. The van der Waals surface area contributed by atoms with Crippen molar-refractivity contribution in [3.63, 3.8) is 0 Å². The van der Waals surface area contributed by atoms with E-state index >= 15 is 0 Å². The molecule has 0 aromatic heterocycles. The first kappa shape index (κ1) is 19.2. The number of esters is 2. The van der Waals surface area contributed by atoms with Gasteiger partial charge in [0.2, 0.25) is 0 Å². The lowest BCUT2D eigenvalue weighted by atomic mass is 9.99. The fourth-order valence-electron chi connectivity index (χ4n) is 2.36. The maximum absolute atomic E-state index is 11.8. The quantitative estimate of drug-likeness (QED) is 0.469. The lowest BCUT2D eigenvalue weighted by molar-refractivity contribution is -0.234. The third-order valence-electron chi connectivity index (χ3n) is 3.34. The molecule has 2 atom stereocenters. The van der Waals surface area contributed by atoms with Gasteiger partial charge >= 0.3 is 11.9 Å². The summed E-state index contributed by atoms with van der Waals surface area (Å²) in [7, 11) is 2.43. The van der Waals surface area contributed by atoms with E-state index in [4.69, 9.17) is 9.47 Å². The van der Waals surface area contributed by atoms with E-state index in [0.29, 0.717) is 6.42 Å². The van der Waals surface area contributed by atoms with Crippen molar-refractivity contribution in [1.82, 2.24) is 0 Å². The number of rotatable bonds is 8. The van der Waals surface area contributed by atoms with Gasteiger partial charge in [-0.2, -0.15) is 0 Å². The molecule has 8 nitrogen and oxygen atoms in total. The van der Waals surface area contributed by atoms with E-state index in [9.17, 15) is 19.2 Å². The summed E-state index contributed by atoms with van der Waals surface area (Å²) in [6.07, 6.45) is -1.64. The van der Waals surface area contributed by atoms with Gasteiger partial charge < -0.3 is 18.9 Å². The standard InChI is InChI=1S/C15H22O8/c1-9-22-12(4-10(16)6-14(18)20-2)8-13(23-9)5-11(17)7-15(19)21-3/h9,12-13H,4-8H2,1-3H3/t12-,13-/m1/s1. The third kappa shape index (κ3) is 7.34. The van der Waals surface area contributed by atoms with Crippen LogP contribution in [-0.4, -0.2) is 56.2 Å². The molecule has 0 bridgehead atoms. The Balaban J connectivity index is 2.48. The van der Waals surface area contributed by atoms with Crippen molar-refractivity contribution >= 4 is 23.5 Å². The van der Waals surface area contributed by atoms with Crippen molar-refractivity contribution < 1.29 is 38.1 Å². The van der Waals surface area contributed by atoms with Crippen LogP contribution in [0.2, 0.25) is 0 Å². The maximum Gasteiger partial charge on any atom is 0.313 e. The van der Waals surface area contributed by atoms with Gasteiger partial charge in [-0.25, -0.2) is 0 Å². The average Bonchev–Trinajstić information content (AvgIpc) is 2.45. The molecule has 0 unspecified atom stereocenters. The number of hydrogen-bond acceptors (Lipinski definition) is 8. The Morgan fingerprint density at radius 3 is 1.61 bits per heavy atom. The number of methoxy groups -OCH3 is 2. The Bertz CT molecular complexity index is 418. The molecule has 8 heteroatoms. The lowest BCUT2D eigenvalue weighted by Crippen LogP contribution is -2.39. The summed E-state index contributed by atoms with van der Waals surface area (Å²) in [5.41, 5.74) is 0. The fraction of sp³-hybridized carbons (Fsp3) is 0.733. The van der Waals surface area contributed by atoms with Gasteiger partial charge in [0.25, 0.3) is 0 Å². The minimum Gasteiger partial charge on any atom is -0.469 e. The fourth-order valence-corrected chi connectivity index (χ4v) is 2.36. The molecule has 0 aliphatic carbocycles. The highest BCUT2D eigenvalue weighted by atomic mass is 16.7. The highest BCUT2D eigenvalue weighted by molar-refractivity contribution is 5.96. The van der Waals surface area contributed by atoms with E-state index < -0.39 is 30.4 Å². The second kappa shape index (κ2) is 9.36. The molecule has 0 radical (unpaired) electrons. The summed E-state index contributed by atoms with van der Waals surface area (Å²) >= 11 is 0. The first-order valence-electron chi connectivity index (χ1n) is 7.32. The van der Waals surface area contributed by atoms with Crippen molar-refractivity contribution in [3.05, 3.63) is 0 Å². The monoisotopic (exact) mass is 330 g/mol. The second-order valence-electron chi connectivity index (χ2n) is 5.31. The van der Waals surface area contributed by atoms with Crippen LogP contribution < -0.4 is 0 Å². The van der Waals surface area contributed by atoms with Gasteiger partial charge in [0.05, 0.1) is 26.4 Å². The molecule has 1 fully saturated rings. The number of ether oxygens (including phenoxy) is 4. The van der Waals surface area contributed by atoms with Crippen LogP contribution in [0, 0.1) is 0 Å². The van der Waals surface area contributed by atoms with Crippen LogP contribution in [0.15, 0.2) is 0 Å². The molecule has 1 aliphatic heterocycles. The Hall–Kier alpha value is -1.80. The molecular weight excluding hydrogens is 308 g/mol. The summed E-state index contributed by atoms with van der Waals surface area (Å²) in [5, 5.41) is 0. The molecule has 0 N–H and O–H groups in total. The highest BCUT2D eigenvalue weighted by Crippen LogP contribution is 2.24. The molecule has 130 valence electrons. The van der Waals surface area contributed by atoms with Crippen LogP contribution in [0.5, 0.6) is 0 Å². The molecule has 1 rings (SSSR count). The summed E-state index contributed by atoms with van der Waals surface area (Å²) < 4.78 is 19.9. The van der Waals surface area contributed by atoms with Crippen LogP contribution in [0.3, 0.4) is 0 Å². The van der Waals surface area contributed by atoms with Crippen molar-refractivity contribution in [3.8, 4) is 0 Å². The normalized spacial score (nSPS) is 23.9. The van der Waals surface area contributed by atoms with Crippen molar-refractivity contribution in [1.29, 1.82) is 0 Å². The van der Waals surface area contributed by atoms with Gasteiger partial charge in [-0.1, -0.05) is 0 Å². The van der Waals surface area contributed by atoms with E-state index in [1.807, 2.05) is 0 Å². The van der Waals surface area contributed by atoms with E-state index in [2.05, 4.69) is 9.47 Å². The number of carbonyl (C=O) groups excluding carboxylic acids is 4. The average molecular weight is 330 g/mol. The first-order chi connectivity index (χ1) is 10.8.